The number of benzene rings is 3. The largest absolute Gasteiger partial charge is 0.494 e. The van der Waals surface area contributed by atoms with Gasteiger partial charge in [0.1, 0.15) is 5.75 Å². The van der Waals surface area contributed by atoms with Crippen molar-refractivity contribution in [2.75, 3.05) is 13.2 Å². The molecule has 2 atom stereocenters. The molecular weight excluding hydrogens is 494 g/mol. The van der Waals surface area contributed by atoms with Crippen molar-refractivity contribution < 1.29 is 19.4 Å². The lowest BCUT2D eigenvalue weighted by molar-refractivity contribution is -0.129. The molecule has 1 amide bonds. The summed E-state index contributed by atoms with van der Waals surface area (Å²) in [6.45, 7) is 0.669. The molecule has 1 aliphatic heterocycles. The molecule has 3 aromatic rings. The van der Waals surface area contributed by atoms with E-state index in [1.165, 1.54) is 0 Å². The number of aliphatic hydroxyl groups is 1. The van der Waals surface area contributed by atoms with Crippen LogP contribution in [0.25, 0.3) is 10.4 Å². The fourth-order valence-corrected chi connectivity index (χ4v) is 4.73. The number of nitrogens with zero attached hydrogens (tertiary/aromatic N) is 4. The van der Waals surface area contributed by atoms with E-state index < -0.39 is 11.6 Å². The standard InChI is InChI=1S/C30H31N5O4/c31-35-32-20-24-10-5-4-9-23(24)19-30(29(37)33-25-13-14-25)27(21-7-2-1-3-8-21)39-28(34-30)22-11-15-26(16-12-22)38-18-6-17-36/h1-5,7-12,15-16,25,27,36H,6,13-14,17-20H2,(H,33,37)/t27-,30-/m1/s1. The van der Waals surface area contributed by atoms with E-state index in [-0.39, 0.29) is 31.5 Å². The molecular formula is C30H31N5O4. The molecule has 9 heteroatoms. The Balaban J connectivity index is 1.56. The van der Waals surface area contributed by atoms with E-state index in [9.17, 15) is 4.79 Å². The summed E-state index contributed by atoms with van der Waals surface area (Å²) in [6.07, 6.45) is 2.05. The average molecular weight is 526 g/mol. The van der Waals surface area contributed by atoms with Gasteiger partial charge in [-0.25, -0.2) is 4.99 Å². The van der Waals surface area contributed by atoms with Crippen LogP contribution < -0.4 is 10.1 Å². The van der Waals surface area contributed by atoms with Crippen LogP contribution in [0, 0.1) is 0 Å². The number of azide groups is 1. The second-order valence-corrected chi connectivity index (χ2v) is 9.78. The first-order valence-corrected chi connectivity index (χ1v) is 13.2. The molecule has 0 spiro atoms. The van der Waals surface area contributed by atoms with Gasteiger partial charge in [0.15, 0.2) is 11.6 Å². The van der Waals surface area contributed by atoms with E-state index in [0.29, 0.717) is 24.7 Å². The smallest absolute Gasteiger partial charge is 0.252 e. The number of carbonyl (C=O) groups excluding carboxylic acids is 1. The molecule has 9 nitrogen and oxygen atoms in total. The highest BCUT2D eigenvalue weighted by molar-refractivity contribution is 6.01. The average Bonchev–Trinajstić information content (AvgIpc) is 3.71. The summed E-state index contributed by atoms with van der Waals surface area (Å²) in [5.41, 5.74) is 10.9. The number of ether oxygens (including phenoxy) is 2. The number of hydrogen-bond donors (Lipinski definition) is 2. The lowest BCUT2D eigenvalue weighted by Gasteiger charge is -2.31. The van der Waals surface area contributed by atoms with Crippen LogP contribution in [0.4, 0.5) is 0 Å². The van der Waals surface area contributed by atoms with Crippen molar-refractivity contribution >= 4 is 11.8 Å². The highest BCUT2D eigenvalue weighted by Gasteiger charge is 2.54. The Morgan fingerprint density at radius 2 is 1.79 bits per heavy atom. The van der Waals surface area contributed by atoms with Gasteiger partial charge in [-0.1, -0.05) is 59.7 Å². The Labute approximate surface area is 227 Å². The maximum absolute atomic E-state index is 14.1. The number of rotatable bonds is 12. The molecule has 1 heterocycles. The summed E-state index contributed by atoms with van der Waals surface area (Å²) in [5, 5.41) is 15.9. The monoisotopic (exact) mass is 525 g/mol. The first-order chi connectivity index (χ1) is 19.1. The van der Waals surface area contributed by atoms with E-state index >= 15 is 0 Å². The molecule has 1 fully saturated rings. The summed E-state index contributed by atoms with van der Waals surface area (Å²) < 4.78 is 12.2. The van der Waals surface area contributed by atoms with Gasteiger partial charge in [-0.2, -0.15) is 0 Å². The lowest BCUT2D eigenvalue weighted by atomic mass is 9.81. The molecule has 0 radical (unpaired) electrons. The van der Waals surface area contributed by atoms with Crippen molar-refractivity contribution in [3.05, 3.63) is 112 Å². The minimum Gasteiger partial charge on any atom is -0.494 e. The van der Waals surface area contributed by atoms with Crippen LogP contribution >= 0.6 is 0 Å². The summed E-state index contributed by atoms with van der Waals surface area (Å²) in [5.74, 6) is 0.871. The SMILES string of the molecule is [N-]=[N+]=NCc1ccccc1C[C@@]1(C(=O)NC2CC2)N=C(c2ccc(OCCCO)cc2)O[C@@H]1c1ccccc1. The normalized spacial score (nSPS) is 19.9. The number of carbonyl (C=O) groups is 1. The predicted molar refractivity (Wildman–Crippen MR) is 147 cm³/mol. The Morgan fingerprint density at radius 1 is 1.08 bits per heavy atom. The molecule has 0 saturated heterocycles. The first-order valence-electron chi connectivity index (χ1n) is 13.2. The lowest BCUT2D eigenvalue weighted by Crippen LogP contribution is -2.50. The maximum Gasteiger partial charge on any atom is 0.252 e. The Morgan fingerprint density at radius 3 is 2.49 bits per heavy atom. The van der Waals surface area contributed by atoms with Gasteiger partial charge in [0.05, 0.1) is 13.2 Å². The van der Waals surface area contributed by atoms with Crippen LogP contribution in [0.3, 0.4) is 0 Å². The fraction of sp³-hybridized carbons (Fsp3) is 0.333. The second kappa shape index (κ2) is 12.0. The van der Waals surface area contributed by atoms with E-state index in [1.807, 2.05) is 78.9 Å². The Hall–Kier alpha value is -4.33. The molecule has 0 unspecified atom stereocenters. The summed E-state index contributed by atoms with van der Waals surface area (Å²) in [7, 11) is 0. The van der Waals surface area contributed by atoms with Crippen LogP contribution in [0.2, 0.25) is 0 Å². The topological polar surface area (TPSA) is 129 Å². The van der Waals surface area contributed by atoms with Crippen molar-refractivity contribution in [1.82, 2.24) is 5.32 Å². The van der Waals surface area contributed by atoms with Gasteiger partial charge in [-0.15, -0.1) is 0 Å². The highest BCUT2D eigenvalue weighted by Crippen LogP contribution is 2.43. The molecule has 1 aliphatic carbocycles. The van der Waals surface area contributed by atoms with Gasteiger partial charge in [-0.3, -0.25) is 4.79 Å². The number of aliphatic imine (C=N–C) groups is 1. The molecule has 1 saturated carbocycles. The van der Waals surface area contributed by atoms with Crippen molar-refractivity contribution in [3.8, 4) is 5.75 Å². The summed E-state index contributed by atoms with van der Waals surface area (Å²) in [6, 6.07) is 24.9. The third-order valence-electron chi connectivity index (χ3n) is 6.93. The van der Waals surface area contributed by atoms with E-state index in [2.05, 4.69) is 15.3 Å². The van der Waals surface area contributed by atoms with Gasteiger partial charge >= 0.3 is 0 Å². The van der Waals surface area contributed by atoms with Gasteiger partial charge in [-0.05, 0) is 59.3 Å². The maximum atomic E-state index is 14.1. The molecule has 0 aromatic heterocycles. The van der Waals surface area contributed by atoms with Gasteiger partial charge in [0, 0.05) is 36.0 Å². The van der Waals surface area contributed by atoms with Gasteiger partial charge in [0.25, 0.3) is 5.91 Å². The predicted octanol–water partition coefficient (Wildman–Crippen LogP) is 5.04. The summed E-state index contributed by atoms with van der Waals surface area (Å²) >= 11 is 0. The van der Waals surface area contributed by atoms with Gasteiger partial charge in [0.2, 0.25) is 5.90 Å². The zero-order valence-corrected chi connectivity index (χ0v) is 21.6. The van der Waals surface area contributed by atoms with Crippen molar-refractivity contribution in [2.24, 2.45) is 10.1 Å². The van der Waals surface area contributed by atoms with E-state index in [1.54, 1.807) is 0 Å². The quantitative estimate of drug-likeness (QED) is 0.149. The second-order valence-electron chi connectivity index (χ2n) is 9.78. The minimum absolute atomic E-state index is 0.0700. The Kier molecular flexibility index (Phi) is 8.10. The first kappa shape index (κ1) is 26.3. The molecule has 0 bridgehead atoms. The molecule has 200 valence electrons. The number of nitrogens with one attached hydrogen (secondary N) is 1. The molecule has 5 rings (SSSR count). The van der Waals surface area contributed by atoms with Crippen molar-refractivity contribution in [1.29, 1.82) is 0 Å². The van der Waals surface area contributed by atoms with Crippen LogP contribution in [0.15, 0.2) is 89.0 Å². The molecule has 2 N–H and O–H groups in total. The van der Waals surface area contributed by atoms with Gasteiger partial charge < -0.3 is 19.9 Å². The van der Waals surface area contributed by atoms with Crippen LogP contribution in [-0.4, -0.2) is 41.7 Å². The Bertz CT molecular complexity index is 1370. The van der Waals surface area contributed by atoms with Crippen molar-refractivity contribution in [3.63, 3.8) is 0 Å². The fourth-order valence-electron chi connectivity index (χ4n) is 4.73. The van der Waals surface area contributed by atoms with Crippen LogP contribution in [0.1, 0.15) is 47.6 Å². The van der Waals surface area contributed by atoms with Crippen LogP contribution in [0.5, 0.6) is 5.75 Å². The molecule has 3 aromatic carbocycles. The number of hydrogen-bond acceptors (Lipinski definition) is 6. The van der Waals surface area contributed by atoms with E-state index in [4.69, 9.17) is 25.1 Å². The number of aliphatic hydroxyl groups excluding tert-OH is 1. The minimum atomic E-state index is -1.28. The third-order valence-corrected chi connectivity index (χ3v) is 6.93. The van der Waals surface area contributed by atoms with E-state index in [0.717, 1.165) is 35.1 Å². The number of amides is 1. The third kappa shape index (κ3) is 6.06. The zero-order valence-electron chi connectivity index (χ0n) is 21.6. The zero-order chi connectivity index (χ0) is 27.1. The molecule has 2 aliphatic rings. The summed E-state index contributed by atoms with van der Waals surface area (Å²) in [4.78, 5) is 22.1. The highest BCUT2D eigenvalue weighted by atomic mass is 16.5. The molecule has 39 heavy (non-hydrogen) atoms. The van der Waals surface area contributed by atoms with Crippen molar-refractivity contribution in [2.45, 2.75) is 49.9 Å². The van der Waals surface area contributed by atoms with Crippen LogP contribution in [-0.2, 0) is 22.5 Å².